The van der Waals surface area contributed by atoms with Crippen LogP contribution in [0.25, 0.3) is 11.0 Å². The summed E-state index contributed by atoms with van der Waals surface area (Å²) in [6, 6.07) is 9.66. The van der Waals surface area contributed by atoms with Crippen LogP contribution in [0.15, 0.2) is 47.2 Å². The first-order chi connectivity index (χ1) is 11.0. The van der Waals surface area contributed by atoms with Crippen molar-refractivity contribution in [2.75, 3.05) is 0 Å². The summed E-state index contributed by atoms with van der Waals surface area (Å²) in [4.78, 5) is 16.6. The molecule has 1 N–H and O–H groups in total. The van der Waals surface area contributed by atoms with Gasteiger partial charge in [-0.3, -0.25) is 9.78 Å². The molecule has 0 radical (unpaired) electrons. The second-order valence-corrected chi connectivity index (χ2v) is 5.91. The van der Waals surface area contributed by atoms with Gasteiger partial charge in [0.1, 0.15) is 5.58 Å². The fraction of sp³-hybridized carbons (Fsp3) is 0.263. The van der Waals surface area contributed by atoms with Crippen molar-refractivity contribution in [1.82, 2.24) is 10.3 Å². The molecule has 0 fully saturated rings. The molecule has 0 aliphatic carbocycles. The lowest BCUT2D eigenvalue weighted by Gasteiger charge is -2.13. The van der Waals surface area contributed by atoms with E-state index in [2.05, 4.69) is 30.2 Å². The number of benzene rings is 1. The van der Waals surface area contributed by atoms with Crippen LogP contribution in [0, 0.1) is 13.8 Å². The van der Waals surface area contributed by atoms with E-state index in [9.17, 15) is 4.79 Å². The van der Waals surface area contributed by atoms with E-state index in [0.29, 0.717) is 6.42 Å². The molecule has 0 saturated carbocycles. The van der Waals surface area contributed by atoms with Crippen molar-refractivity contribution in [1.29, 1.82) is 0 Å². The summed E-state index contributed by atoms with van der Waals surface area (Å²) in [7, 11) is 0. The molecule has 1 amide bonds. The van der Waals surface area contributed by atoms with Crippen LogP contribution >= 0.6 is 0 Å². The zero-order valence-electron chi connectivity index (χ0n) is 13.6. The first-order valence-electron chi connectivity index (χ1n) is 7.72. The standard InChI is InChI=1S/C19H20N2O2/c1-12-8-16-15(11-23-18(16)9-13(12)2)10-19(22)21-14(3)17-6-4-5-7-20-17/h4-9,11,14H,10H2,1-3H3,(H,21,22)/t14-/m1/s1. The fourth-order valence-electron chi connectivity index (χ4n) is 2.64. The average molecular weight is 308 g/mol. The van der Waals surface area contributed by atoms with Crippen molar-refractivity contribution < 1.29 is 9.21 Å². The molecule has 3 rings (SSSR count). The molecule has 0 aliphatic rings. The Labute approximate surface area is 135 Å². The number of furan rings is 1. The molecule has 4 nitrogen and oxygen atoms in total. The van der Waals surface area contributed by atoms with Crippen molar-refractivity contribution in [2.45, 2.75) is 33.2 Å². The lowest BCUT2D eigenvalue weighted by Crippen LogP contribution is -2.28. The second kappa shape index (κ2) is 6.24. The smallest absolute Gasteiger partial charge is 0.225 e. The van der Waals surface area contributed by atoms with Crippen LogP contribution < -0.4 is 5.32 Å². The van der Waals surface area contributed by atoms with Gasteiger partial charge < -0.3 is 9.73 Å². The monoisotopic (exact) mass is 308 g/mol. The molecule has 118 valence electrons. The molecule has 0 unspecified atom stereocenters. The topological polar surface area (TPSA) is 55.1 Å². The lowest BCUT2D eigenvalue weighted by atomic mass is 10.0. The average Bonchev–Trinajstić information content (AvgIpc) is 2.90. The Morgan fingerprint density at radius 2 is 2.04 bits per heavy atom. The molecule has 0 saturated heterocycles. The minimum Gasteiger partial charge on any atom is -0.464 e. The summed E-state index contributed by atoms with van der Waals surface area (Å²) in [5.74, 6) is -0.0379. The van der Waals surface area contributed by atoms with Crippen molar-refractivity contribution in [3.63, 3.8) is 0 Å². The number of fused-ring (bicyclic) bond motifs is 1. The number of nitrogens with zero attached hydrogens (tertiary/aromatic N) is 1. The zero-order chi connectivity index (χ0) is 16.4. The molecule has 0 aliphatic heterocycles. The van der Waals surface area contributed by atoms with Crippen LogP contribution in [0.4, 0.5) is 0 Å². The summed E-state index contributed by atoms with van der Waals surface area (Å²) < 4.78 is 5.58. The normalized spacial score (nSPS) is 12.3. The van der Waals surface area contributed by atoms with Gasteiger partial charge in [-0.2, -0.15) is 0 Å². The zero-order valence-corrected chi connectivity index (χ0v) is 13.6. The highest BCUT2D eigenvalue weighted by atomic mass is 16.3. The lowest BCUT2D eigenvalue weighted by molar-refractivity contribution is -0.121. The van der Waals surface area contributed by atoms with Gasteiger partial charge in [0.25, 0.3) is 0 Å². The molecular weight excluding hydrogens is 288 g/mol. The fourth-order valence-corrected chi connectivity index (χ4v) is 2.64. The highest BCUT2D eigenvalue weighted by Crippen LogP contribution is 2.25. The Kier molecular flexibility index (Phi) is 4.15. The highest BCUT2D eigenvalue weighted by molar-refractivity contribution is 5.88. The Hall–Kier alpha value is -2.62. The maximum Gasteiger partial charge on any atom is 0.225 e. The van der Waals surface area contributed by atoms with Crippen LogP contribution in [0.5, 0.6) is 0 Å². The van der Waals surface area contributed by atoms with Crippen LogP contribution in [0.1, 0.15) is 35.3 Å². The Morgan fingerprint density at radius 1 is 1.26 bits per heavy atom. The third-order valence-electron chi connectivity index (χ3n) is 4.13. The van der Waals surface area contributed by atoms with Gasteiger partial charge in [-0.1, -0.05) is 6.07 Å². The van der Waals surface area contributed by atoms with E-state index in [0.717, 1.165) is 22.2 Å². The summed E-state index contributed by atoms with van der Waals surface area (Å²) in [5.41, 5.74) is 4.97. The summed E-state index contributed by atoms with van der Waals surface area (Å²) >= 11 is 0. The molecule has 23 heavy (non-hydrogen) atoms. The van der Waals surface area contributed by atoms with Gasteiger partial charge >= 0.3 is 0 Å². The predicted molar refractivity (Wildman–Crippen MR) is 90.2 cm³/mol. The molecule has 1 atom stereocenters. The summed E-state index contributed by atoms with van der Waals surface area (Å²) in [6.07, 6.45) is 3.70. The maximum atomic E-state index is 12.3. The van der Waals surface area contributed by atoms with E-state index in [1.807, 2.05) is 31.2 Å². The van der Waals surface area contributed by atoms with Crippen LogP contribution in [0.2, 0.25) is 0 Å². The largest absolute Gasteiger partial charge is 0.464 e. The number of carbonyl (C=O) groups is 1. The van der Waals surface area contributed by atoms with E-state index >= 15 is 0 Å². The molecule has 3 aromatic rings. The maximum absolute atomic E-state index is 12.3. The van der Waals surface area contributed by atoms with E-state index < -0.39 is 0 Å². The first-order valence-corrected chi connectivity index (χ1v) is 7.72. The third kappa shape index (κ3) is 3.26. The predicted octanol–water partition coefficient (Wildman–Crippen LogP) is 3.86. The van der Waals surface area contributed by atoms with Gasteiger partial charge in [0, 0.05) is 17.1 Å². The van der Waals surface area contributed by atoms with Gasteiger partial charge in [-0.05, 0) is 56.2 Å². The van der Waals surface area contributed by atoms with E-state index in [1.54, 1.807) is 12.5 Å². The van der Waals surface area contributed by atoms with Crippen LogP contribution in [0.3, 0.4) is 0 Å². The van der Waals surface area contributed by atoms with Gasteiger partial charge in [0.15, 0.2) is 0 Å². The van der Waals surface area contributed by atoms with E-state index in [-0.39, 0.29) is 11.9 Å². The molecule has 0 spiro atoms. The molecule has 4 heteroatoms. The summed E-state index contributed by atoms with van der Waals surface area (Å²) in [5, 5.41) is 3.99. The highest BCUT2D eigenvalue weighted by Gasteiger charge is 2.14. The molecule has 2 aromatic heterocycles. The van der Waals surface area contributed by atoms with Crippen LogP contribution in [-0.4, -0.2) is 10.9 Å². The number of hydrogen-bond acceptors (Lipinski definition) is 3. The molecule has 0 bridgehead atoms. The van der Waals surface area contributed by atoms with Gasteiger partial charge in [0.05, 0.1) is 24.4 Å². The third-order valence-corrected chi connectivity index (χ3v) is 4.13. The number of nitrogens with one attached hydrogen (secondary N) is 1. The number of aryl methyl sites for hydroxylation is 2. The van der Waals surface area contributed by atoms with E-state index in [1.165, 1.54) is 11.1 Å². The minimum absolute atomic E-state index is 0.0379. The Balaban J connectivity index is 1.74. The van der Waals surface area contributed by atoms with Crippen molar-refractivity contribution in [3.05, 3.63) is 65.2 Å². The van der Waals surface area contributed by atoms with E-state index in [4.69, 9.17) is 4.42 Å². The Bertz CT molecular complexity index is 837. The van der Waals surface area contributed by atoms with Gasteiger partial charge in [-0.25, -0.2) is 0 Å². The van der Waals surface area contributed by atoms with Crippen molar-refractivity contribution >= 4 is 16.9 Å². The minimum atomic E-state index is -0.120. The first kappa shape index (κ1) is 15.3. The number of amides is 1. The number of carbonyl (C=O) groups excluding carboxylic acids is 1. The molecule has 1 aromatic carbocycles. The number of aromatic nitrogens is 1. The van der Waals surface area contributed by atoms with Crippen molar-refractivity contribution in [2.24, 2.45) is 0 Å². The second-order valence-electron chi connectivity index (χ2n) is 5.91. The quantitative estimate of drug-likeness (QED) is 0.796. The van der Waals surface area contributed by atoms with Crippen LogP contribution in [-0.2, 0) is 11.2 Å². The molecule has 2 heterocycles. The molecular formula is C19H20N2O2. The SMILES string of the molecule is Cc1cc2occ(CC(=O)N[C@H](C)c3ccccn3)c2cc1C. The van der Waals surface area contributed by atoms with Gasteiger partial charge in [-0.15, -0.1) is 0 Å². The number of rotatable bonds is 4. The summed E-state index contributed by atoms with van der Waals surface area (Å²) in [6.45, 7) is 6.05. The van der Waals surface area contributed by atoms with Gasteiger partial charge in [0.2, 0.25) is 5.91 Å². The Morgan fingerprint density at radius 3 is 2.78 bits per heavy atom. The number of pyridine rings is 1. The number of hydrogen-bond donors (Lipinski definition) is 1. The van der Waals surface area contributed by atoms with Crippen molar-refractivity contribution in [3.8, 4) is 0 Å².